The van der Waals surface area contributed by atoms with E-state index in [-0.39, 0.29) is 12.5 Å². The van der Waals surface area contributed by atoms with Crippen molar-refractivity contribution in [2.45, 2.75) is 32.6 Å². The number of ether oxygens (including phenoxy) is 1. The Morgan fingerprint density at radius 1 is 1.25 bits per heavy atom. The van der Waals surface area contributed by atoms with Crippen LogP contribution in [0.4, 0.5) is 0 Å². The number of carbonyl (C=O) groups is 1. The van der Waals surface area contributed by atoms with Crippen molar-refractivity contribution in [1.29, 1.82) is 0 Å². The van der Waals surface area contributed by atoms with E-state index < -0.39 is 0 Å². The highest BCUT2D eigenvalue weighted by molar-refractivity contribution is 5.77. The number of nitrogens with zero attached hydrogens (tertiary/aromatic N) is 3. The highest BCUT2D eigenvalue weighted by atomic mass is 16.5. The summed E-state index contributed by atoms with van der Waals surface area (Å²) in [4.78, 5) is 18.7. The van der Waals surface area contributed by atoms with Crippen molar-refractivity contribution in [1.82, 2.24) is 14.5 Å². The van der Waals surface area contributed by atoms with Crippen LogP contribution in [0.25, 0.3) is 0 Å². The average Bonchev–Trinajstić information content (AvgIpc) is 3.02. The molecule has 0 N–H and O–H groups in total. The van der Waals surface area contributed by atoms with Gasteiger partial charge in [-0.3, -0.25) is 4.79 Å². The molecule has 24 heavy (non-hydrogen) atoms. The van der Waals surface area contributed by atoms with Crippen LogP contribution >= 0.6 is 0 Å². The summed E-state index contributed by atoms with van der Waals surface area (Å²) >= 11 is 0. The summed E-state index contributed by atoms with van der Waals surface area (Å²) in [5.74, 6) is 2.38. The first-order valence-electron chi connectivity index (χ1n) is 8.49. The lowest BCUT2D eigenvalue weighted by atomic mass is 9.96. The van der Waals surface area contributed by atoms with Gasteiger partial charge < -0.3 is 14.2 Å². The molecule has 2 heterocycles. The largest absolute Gasteiger partial charge is 0.484 e. The first-order valence-corrected chi connectivity index (χ1v) is 8.49. The monoisotopic (exact) mass is 327 g/mol. The molecule has 0 aliphatic carbocycles. The number of amides is 1. The highest BCUT2D eigenvalue weighted by Crippen LogP contribution is 2.26. The van der Waals surface area contributed by atoms with Crippen molar-refractivity contribution in [2.75, 3.05) is 19.7 Å². The van der Waals surface area contributed by atoms with Gasteiger partial charge in [0.05, 0.1) is 0 Å². The lowest BCUT2D eigenvalue weighted by Crippen LogP contribution is -2.40. The number of aryl methyl sites for hydroxylation is 3. The predicted octanol–water partition coefficient (Wildman–Crippen LogP) is 2.82. The van der Waals surface area contributed by atoms with Crippen LogP contribution in [0.3, 0.4) is 0 Å². The Kier molecular flexibility index (Phi) is 4.88. The maximum Gasteiger partial charge on any atom is 0.260 e. The quantitative estimate of drug-likeness (QED) is 0.867. The number of rotatable bonds is 4. The zero-order chi connectivity index (χ0) is 17.1. The molecule has 0 radical (unpaired) electrons. The van der Waals surface area contributed by atoms with Crippen molar-refractivity contribution in [3.05, 3.63) is 47.5 Å². The Morgan fingerprint density at radius 2 is 2.00 bits per heavy atom. The second-order valence-corrected chi connectivity index (χ2v) is 6.59. The van der Waals surface area contributed by atoms with Gasteiger partial charge in [-0.25, -0.2) is 4.98 Å². The van der Waals surface area contributed by atoms with E-state index in [4.69, 9.17) is 4.74 Å². The van der Waals surface area contributed by atoms with E-state index in [1.165, 1.54) is 11.1 Å². The molecule has 0 unspecified atom stereocenters. The van der Waals surface area contributed by atoms with E-state index in [9.17, 15) is 4.79 Å². The van der Waals surface area contributed by atoms with Crippen molar-refractivity contribution >= 4 is 5.91 Å². The number of hydrogen-bond acceptors (Lipinski definition) is 3. The van der Waals surface area contributed by atoms with Gasteiger partial charge in [-0.2, -0.15) is 0 Å². The van der Waals surface area contributed by atoms with Gasteiger partial charge in [0.25, 0.3) is 5.91 Å². The molecule has 1 aliphatic rings. The van der Waals surface area contributed by atoms with Gasteiger partial charge >= 0.3 is 0 Å². The zero-order valence-electron chi connectivity index (χ0n) is 14.7. The van der Waals surface area contributed by atoms with Crippen molar-refractivity contribution in [2.24, 2.45) is 7.05 Å². The number of carbonyl (C=O) groups excluding carboxylic acids is 1. The van der Waals surface area contributed by atoms with Crippen LogP contribution in [0.15, 0.2) is 30.6 Å². The van der Waals surface area contributed by atoms with Crippen molar-refractivity contribution < 1.29 is 9.53 Å². The molecule has 0 bridgehead atoms. The molecule has 1 amide bonds. The molecule has 0 saturated carbocycles. The second-order valence-electron chi connectivity index (χ2n) is 6.59. The molecule has 2 aromatic rings. The summed E-state index contributed by atoms with van der Waals surface area (Å²) < 4.78 is 7.74. The minimum absolute atomic E-state index is 0.0616. The molecule has 3 rings (SSSR count). The minimum Gasteiger partial charge on any atom is -0.484 e. The van der Waals surface area contributed by atoms with E-state index in [2.05, 4.69) is 16.5 Å². The van der Waals surface area contributed by atoms with Gasteiger partial charge in [0.15, 0.2) is 6.61 Å². The predicted molar refractivity (Wildman–Crippen MR) is 93.2 cm³/mol. The molecule has 5 nitrogen and oxygen atoms in total. The van der Waals surface area contributed by atoms with Gasteiger partial charge in [-0.1, -0.05) is 6.07 Å². The maximum atomic E-state index is 12.4. The molecular formula is C19H25N3O2. The fourth-order valence-corrected chi connectivity index (χ4v) is 3.20. The molecule has 1 fully saturated rings. The molecule has 0 spiro atoms. The van der Waals surface area contributed by atoms with Gasteiger partial charge in [-0.15, -0.1) is 0 Å². The van der Waals surface area contributed by atoms with Crippen molar-refractivity contribution in [3.8, 4) is 5.75 Å². The van der Waals surface area contributed by atoms with E-state index in [1.54, 1.807) is 0 Å². The molecule has 1 aromatic carbocycles. The van der Waals surface area contributed by atoms with Crippen LogP contribution in [0.2, 0.25) is 0 Å². The topological polar surface area (TPSA) is 47.4 Å². The average molecular weight is 327 g/mol. The third-order valence-corrected chi connectivity index (χ3v) is 4.91. The smallest absolute Gasteiger partial charge is 0.260 e. The SMILES string of the molecule is Cc1ccc(OCC(=O)N2CCC(c3nccn3C)CC2)cc1C. The van der Waals surface area contributed by atoms with E-state index in [0.29, 0.717) is 5.92 Å². The first-order chi connectivity index (χ1) is 11.5. The summed E-state index contributed by atoms with van der Waals surface area (Å²) in [5.41, 5.74) is 2.40. The second kappa shape index (κ2) is 7.07. The van der Waals surface area contributed by atoms with Crippen LogP contribution < -0.4 is 4.74 Å². The standard InChI is InChI=1S/C19H25N3O2/c1-14-4-5-17(12-15(14)2)24-13-18(23)22-9-6-16(7-10-22)19-20-8-11-21(19)3/h4-5,8,11-12,16H,6-7,9-10,13H2,1-3H3. The summed E-state index contributed by atoms with van der Waals surface area (Å²) in [7, 11) is 2.03. The summed E-state index contributed by atoms with van der Waals surface area (Å²) in [6.45, 7) is 5.76. The zero-order valence-corrected chi connectivity index (χ0v) is 14.7. The number of benzene rings is 1. The number of aromatic nitrogens is 2. The molecule has 5 heteroatoms. The first kappa shape index (κ1) is 16.6. The summed E-state index contributed by atoms with van der Waals surface area (Å²) in [5, 5.41) is 0. The number of imidazole rings is 1. The highest BCUT2D eigenvalue weighted by Gasteiger charge is 2.26. The Morgan fingerprint density at radius 3 is 2.62 bits per heavy atom. The summed E-state index contributed by atoms with van der Waals surface area (Å²) in [6.07, 6.45) is 5.73. The van der Waals surface area contributed by atoms with Crippen LogP contribution in [-0.2, 0) is 11.8 Å². The van der Waals surface area contributed by atoms with Gasteiger partial charge in [-0.05, 0) is 49.9 Å². The van der Waals surface area contributed by atoms with Gasteiger partial charge in [0, 0.05) is 38.4 Å². The van der Waals surface area contributed by atoms with E-state index in [1.807, 2.05) is 49.5 Å². The molecule has 128 valence electrons. The normalized spacial score (nSPS) is 15.5. The van der Waals surface area contributed by atoms with Crippen LogP contribution in [0, 0.1) is 13.8 Å². The maximum absolute atomic E-state index is 12.4. The number of likely N-dealkylation sites (tertiary alicyclic amines) is 1. The fraction of sp³-hybridized carbons (Fsp3) is 0.474. The Balaban J connectivity index is 1.50. The Labute approximate surface area is 143 Å². The van der Waals surface area contributed by atoms with E-state index >= 15 is 0 Å². The van der Waals surface area contributed by atoms with E-state index in [0.717, 1.165) is 37.5 Å². The van der Waals surface area contributed by atoms with Crippen LogP contribution in [0.5, 0.6) is 5.75 Å². The number of piperidine rings is 1. The van der Waals surface area contributed by atoms with Crippen LogP contribution in [-0.4, -0.2) is 40.1 Å². The minimum atomic E-state index is 0.0616. The lowest BCUT2D eigenvalue weighted by molar-refractivity contribution is -0.134. The third kappa shape index (κ3) is 3.61. The fourth-order valence-electron chi connectivity index (χ4n) is 3.20. The molecular weight excluding hydrogens is 302 g/mol. The molecule has 1 saturated heterocycles. The lowest BCUT2D eigenvalue weighted by Gasteiger charge is -2.31. The van der Waals surface area contributed by atoms with Gasteiger partial charge in [0.1, 0.15) is 11.6 Å². The molecule has 0 atom stereocenters. The molecule has 1 aliphatic heterocycles. The number of hydrogen-bond donors (Lipinski definition) is 0. The van der Waals surface area contributed by atoms with Gasteiger partial charge in [0.2, 0.25) is 0 Å². The van der Waals surface area contributed by atoms with Crippen LogP contribution in [0.1, 0.15) is 35.7 Å². The Bertz CT molecular complexity index is 715. The Hall–Kier alpha value is -2.30. The third-order valence-electron chi connectivity index (χ3n) is 4.91. The van der Waals surface area contributed by atoms with Crippen molar-refractivity contribution in [3.63, 3.8) is 0 Å². The summed E-state index contributed by atoms with van der Waals surface area (Å²) in [6, 6.07) is 5.92. The molecule has 1 aromatic heterocycles.